The third-order valence-corrected chi connectivity index (χ3v) is 3.05. The molecular weight excluding hydrogens is 288 g/mol. The Balaban J connectivity index is 2.59. The summed E-state index contributed by atoms with van der Waals surface area (Å²) >= 11 is 3.34. The molecule has 2 N–H and O–H groups in total. The molecule has 5 heteroatoms. The number of ether oxygens (including phenoxy) is 1. The van der Waals surface area contributed by atoms with Gasteiger partial charge in [0.05, 0.1) is 17.7 Å². The molecule has 0 saturated carbocycles. The molecule has 1 unspecified atom stereocenters. The summed E-state index contributed by atoms with van der Waals surface area (Å²) in [5.41, 5.74) is 0.753. The summed E-state index contributed by atoms with van der Waals surface area (Å²) in [7, 11) is 1.57. The van der Waals surface area contributed by atoms with Crippen molar-refractivity contribution >= 4 is 21.9 Å². The van der Waals surface area contributed by atoms with Crippen molar-refractivity contribution < 1.29 is 19.7 Å². The van der Waals surface area contributed by atoms with E-state index in [2.05, 4.69) is 15.9 Å². The van der Waals surface area contributed by atoms with Crippen molar-refractivity contribution in [1.29, 1.82) is 0 Å². The summed E-state index contributed by atoms with van der Waals surface area (Å²) in [5.74, 6) is -0.139. The number of aliphatic hydroxyl groups excluding tert-OH is 1. The van der Waals surface area contributed by atoms with Gasteiger partial charge >= 0.3 is 5.97 Å². The Labute approximate surface area is 108 Å². The Hall–Kier alpha value is -1.07. The minimum absolute atomic E-state index is 0.0778. The number of carboxylic acids is 1. The summed E-state index contributed by atoms with van der Waals surface area (Å²) < 4.78 is 5.86. The Bertz CT molecular complexity index is 392. The number of halogens is 1. The van der Waals surface area contributed by atoms with Gasteiger partial charge in [-0.25, -0.2) is 0 Å². The van der Waals surface area contributed by atoms with Crippen LogP contribution in [0.5, 0.6) is 5.75 Å². The van der Waals surface area contributed by atoms with Gasteiger partial charge in [-0.3, -0.25) is 4.79 Å². The van der Waals surface area contributed by atoms with Gasteiger partial charge in [-0.1, -0.05) is 6.07 Å². The van der Waals surface area contributed by atoms with E-state index in [0.717, 1.165) is 10.0 Å². The first-order chi connectivity index (χ1) is 8.04. The molecule has 4 nitrogen and oxygen atoms in total. The van der Waals surface area contributed by atoms with Crippen LogP contribution in [0.25, 0.3) is 0 Å². The number of carboxylic acid groups (broad SMARTS) is 1. The van der Waals surface area contributed by atoms with Gasteiger partial charge in [0.1, 0.15) is 5.75 Å². The second kappa shape index (κ2) is 6.61. The van der Waals surface area contributed by atoms with Crippen LogP contribution < -0.4 is 4.74 Å². The number of aliphatic carboxylic acids is 1. The fourth-order valence-corrected chi connectivity index (χ4v) is 2.06. The van der Waals surface area contributed by atoms with E-state index in [1.165, 1.54) is 0 Å². The summed E-state index contributed by atoms with van der Waals surface area (Å²) in [4.78, 5) is 10.3. The van der Waals surface area contributed by atoms with Crippen LogP contribution in [-0.2, 0) is 4.79 Å². The molecule has 0 amide bonds. The van der Waals surface area contributed by atoms with Crippen molar-refractivity contribution in [3.63, 3.8) is 0 Å². The summed E-state index contributed by atoms with van der Waals surface area (Å²) in [5, 5.41) is 18.4. The molecule has 0 bridgehead atoms. The largest absolute Gasteiger partial charge is 0.496 e. The number of aliphatic hydroxyl groups is 1. The van der Waals surface area contributed by atoms with E-state index < -0.39 is 12.1 Å². The minimum Gasteiger partial charge on any atom is -0.496 e. The van der Waals surface area contributed by atoms with Gasteiger partial charge in [-0.2, -0.15) is 0 Å². The predicted octanol–water partition coefficient (Wildman–Crippen LogP) is 2.75. The number of benzene rings is 1. The van der Waals surface area contributed by atoms with Crippen LogP contribution >= 0.6 is 15.9 Å². The quantitative estimate of drug-likeness (QED) is 0.848. The first-order valence-electron chi connectivity index (χ1n) is 5.28. The lowest BCUT2D eigenvalue weighted by Crippen LogP contribution is -2.01. The highest BCUT2D eigenvalue weighted by Crippen LogP contribution is 2.29. The fourth-order valence-electron chi connectivity index (χ4n) is 1.50. The van der Waals surface area contributed by atoms with Gasteiger partial charge in [-0.15, -0.1) is 0 Å². The Morgan fingerprint density at radius 2 is 2.24 bits per heavy atom. The third kappa shape index (κ3) is 4.36. The van der Waals surface area contributed by atoms with Crippen molar-refractivity contribution in [1.82, 2.24) is 0 Å². The molecule has 1 atom stereocenters. The SMILES string of the molecule is COc1ccc(C(O)CCCC(=O)O)cc1Br. The molecule has 0 fully saturated rings. The van der Waals surface area contributed by atoms with Gasteiger partial charge in [0.25, 0.3) is 0 Å². The van der Waals surface area contributed by atoms with Crippen LogP contribution in [-0.4, -0.2) is 23.3 Å². The highest BCUT2D eigenvalue weighted by atomic mass is 79.9. The van der Waals surface area contributed by atoms with Gasteiger partial charge in [0.2, 0.25) is 0 Å². The molecule has 0 radical (unpaired) electrons. The average Bonchev–Trinajstić information content (AvgIpc) is 2.28. The number of carbonyl (C=O) groups is 1. The molecule has 0 spiro atoms. The van der Waals surface area contributed by atoms with Crippen LogP contribution in [0.15, 0.2) is 22.7 Å². The number of methoxy groups -OCH3 is 1. The normalized spacial score (nSPS) is 12.2. The maximum atomic E-state index is 10.3. The number of hydrogen-bond acceptors (Lipinski definition) is 3. The molecule has 0 aliphatic heterocycles. The number of rotatable bonds is 6. The Kier molecular flexibility index (Phi) is 5.44. The van der Waals surface area contributed by atoms with Gasteiger partial charge in [0.15, 0.2) is 0 Å². The molecular formula is C12H15BrO4. The topological polar surface area (TPSA) is 66.8 Å². The van der Waals surface area contributed by atoms with Crippen molar-refractivity contribution in [3.8, 4) is 5.75 Å². The molecule has 0 saturated heterocycles. The lowest BCUT2D eigenvalue weighted by molar-refractivity contribution is -0.137. The lowest BCUT2D eigenvalue weighted by atomic mass is 10.0. The van der Waals surface area contributed by atoms with Gasteiger partial charge in [0, 0.05) is 6.42 Å². The first-order valence-corrected chi connectivity index (χ1v) is 6.07. The van der Waals surface area contributed by atoms with Crippen molar-refractivity contribution in [2.75, 3.05) is 7.11 Å². The summed E-state index contributed by atoms with van der Waals surface area (Å²) in [6.07, 6.45) is 0.330. The zero-order valence-electron chi connectivity index (χ0n) is 9.52. The molecule has 0 aliphatic carbocycles. The molecule has 1 aromatic rings. The first kappa shape index (κ1) is 14.0. The van der Waals surface area contributed by atoms with Crippen LogP contribution in [0, 0.1) is 0 Å². The maximum absolute atomic E-state index is 10.3. The van der Waals surface area contributed by atoms with Crippen LogP contribution in [0.2, 0.25) is 0 Å². The standard InChI is InChI=1S/C12H15BrO4/c1-17-11-6-5-8(7-9(11)13)10(14)3-2-4-12(15)16/h5-7,10,14H,2-4H2,1H3,(H,15,16). The van der Waals surface area contributed by atoms with Crippen molar-refractivity contribution in [3.05, 3.63) is 28.2 Å². The Morgan fingerprint density at radius 3 is 2.76 bits per heavy atom. The second-order valence-electron chi connectivity index (χ2n) is 3.70. The Morgan fingerprint density at radius 1 is 1.53 bits per heavy atom. The van der Waals surface area contributed by atoms with Crippen LogP contribution in [0.3, 0.4) is 0 Å². The molecule has 0 heterocycles. The van der Waals surface area contributed by atoms with Gasteiger partial charge in [-0.05, 0) is 46.5 Å². The van der Waals surface area contributed by atoms with E-state index in [0.29, 0.717) is 18.6 Å². The zero-order valence-corrected chi connectivity index (χ0v) is 11.1. The third-order valence-electron chi connectivity index (χ3n) is 2.43. The molecule has 0 aliphatic rings. The molecule has 0 aromatic heterocycles. The van der Waals surface area contributed by atoms with E-state index in [1.807, 2.05) is 0 Å². The van der Waals surface area contributed by atoms with E-state index in [4.69, 9.17) is 9.84 Å². The van der Waals surface area contributed by atoms with E-state index in [-0.39, 0.29) is 6.42 Å². The van der Waals surface area contributed by atoms with Crippen molar-refractivity contribution in [2.24, 2.45) is 0 Å². The lowest BCUT2D eigenvalue weighted by Gasteiger charge is -2.12. The van der Waals surface area contributed by atoms with Crippen LogP contribution in [0.4, 0.5) is 0 Å². The highest BCUT2D eigenvalue weighted by molar-refractivity contribution is 9.10. The number of hydrogen-bond donors (Lipinski definition) is 2. The predicted molar refractivity (Wildman–Crippen MR) is 67.1 cm³/mol. The fraction of sp³-hybridized carbons (Fsp3) is 0.417. The monoisotopic (exact) mass is 302 g/mol. The highest BCUT2D eigenvalue weighted by Gasteiger charge is 2.10. The molecule has 1 rings (SSSR count). The molecule has 17 heavy (non-hydrogen) atoms. The maximum Gasteiger partial charge on any atom is 0.303 e. The molecule has 1 aromatic carbocycles. The summed E-state index contributed by atoms with van der Waals surface area (Å²) in [6, 6.07) is 5.32. The smallest absolute Gasteiger partial charge is 0.303 e. The van der Waals surface area contributed by atoms with E-state index in [9.17, 15) is 9.90 Å². The van der Waals surface area contributed by atoms with Gasteiger partial charge < -0.3 is 14.9 Å². The minimum atomic E-state index is -0.840. The molecule has 94 valence electrons. The van der Waals surface area contributed by atoms with Crippen molar-refractivity contribution in [2.45, 2.75) is 25.4 Å². The van der Waals surface area contributed by atoms with E-state index in [1.54, 1.807) is 25.3 Å². The summed E-state index contributed by atoms with van der Waals surface area (Å²) in [6.45, 7) is 0. The second-order valence-corrected chi connectivity index (χ2v) is 4.55. The van der Waals surface area contributed by atoms with Crippen LogP contribution in [0.1, 0.15) is 30.9 Å². The zero-order chi connectivity index (χ0) is 12.8. The van der Waals surface area contributed by atoms with E-state index >= 15 is 0 Å². The average molecular weight is 303 g/mol.